The number of benzene rings is 1. The second-order valence-corrected chi connectivity index (χ2v) is 4.65. The van der Waals surface area contributed by atoms with Crippen molar-refractivity contribution in [3.8, 4) is 0 Å². The number of hydrogen-bond donors (Lipinski definition) is 0. The maximum atomic E-state index is 13.7. The summed E-state index contributed by atoms with van der Waals surface area (Å²) in [5, 5.41) is 1.87. The summed E-state index contributed by atoms with van der Waals surface area (Å²) in [7, 11) is 1.86. The lowest BCUT2D eigenvalue weighted by Crippen LogP contribution is -1.90. The summed E-state index contributed by atoms with van der Waals surface area (Å²) < 4.78 is 16.5. The third kappa shape index (κ3) is 1.19. The second kappa shape index (κ2) is 3.28. The number of pyridine rings is 1. The lowest BCUT2D eigenvalue weighted by atomic mass is 10.2. The molecular weight excluding hydrogens is 271 g/mol. The highest BCUT2D eigenvalue weighted by Gasteiger charge is 2.11. The summed E-state index contributed by atoms with van der Waals surface area (Å²) >= 11 is 3.42. The van der Waals surface area contributed by atoms with Gasteiger partial charge in [-0.2, -0.15) is 0 Å². The summed E-state index contributed by atoms with van der Waals surface area (Å²) in [6, 6.07) is 5.91. The molecule has 0 radical (unpaired) electrons. The van der Waals surface area contributed by atoms with Gasteiger partial charge < -0.3 is 4.57 Å². The van der Waals surface area contributed by atoms with Crippen LogP contribution in [0, 0.1) is 5.82 Å². The first-order chi connectivity index (χ1) is 7.68. The average Bonchev–Trinajstić information content (AvgIpc) is 2.54. The van der Waals surface area contributed by atoms with Crippen molar-refractivity contribution in [2.75, 3.05) is 0 Å². The molecule has 0 aliphatic carbocycles. The summed E-state index contributed by atoms with van der Waals surface area (Å²) in [6.45, 7) is 0. The number of nitrogens with zero attached hydrogens (tertiary/aromatic N) is 2. The largest absolute Gasteiger partial charge is 0.341 e. The van der Waals surface area contributed by atoms with Crippen molar-refractivity contribution in [2.45, 2.75) is 0 Å². The van der Waals surface area contributed by atoms with E-state index in [-0.39, 0.29) is 5.82 Å². The number of fused-ring (bicyclic) bond motifs is 3. The van der Waals surface area contributed by atoms with Crippen molar-refractivity contribution in [3.05, 3.63) is 40.9 Å². The minimum absolute atomic E-state index is 0.285. The van der Waals surface area contributed by atoms with Gasteiger partial charge >= 0.3 is 0 Å². The van der Waals surface area contributed by atoms with Gasteiger partial charge in [-0.05, 0) is 12.1 Å². The summed E-state index contributed by atoms with van der Waals surface area (Å²) in [4.78, 5) is 3.90. The second-order valence-electron chi connectivity index (χ2n) is 3.74. The van der Waals surface area contributed by atoms with E-state index in [1.54, 1.807) is 6.20 Å². The van der Waals surface area contributed by atoms with Crippen LogP contribution in [0.3, 0.4) is 0 Å². The Bertz CT molecular complexity index is 703. The maximum absolute atomic E-state index is 13.7. The van der Waals surface area contributed by atoms with E-state index >= 15 is 0 Å². The molecule has 0 unspecified atom stereocenters. The highest BCUT2D eigenvalue weighted by Crippen LogP contribution is 2.30. The zero-order valence-corrected chi connectivity index (χ0v) is 10.1. The van der Waals surface area contributed by atoms with Crippen LogP contribution >= 0.6 is 15.9 Å². The van der Waals surface area contributed by atoms with Gasteiger partial charge in [-0.3, -0.25) is 4.98 Å². The van der Waals surface area contributed by atoms with E-state index in [1.807, 2.05) is 29.8 Å². The monoisotopic (exact) mass is 278 g/mol. The Morgan fingerprint density at radius 3 is 2.88 bits per heavy atom. The Hall–Kier alpha value is -1.42. The Labute approximate surface area is 99.8 Å². The van der Waals surface area contributed by atoms with Crippen LogP contribution in [0.15, 0.2) is 35.1 Å². The third-order valence-electron chi connectivity index (χ3n) is 2.82. The Kier molecular flexibility index (Phi) is 2.01. The fourth-order valence-electron chi connectivity index (χ4n) is 2.10. The molecule has 0 aliphatic rings. The molecule has 0 fully saturated rings. The van der Waals surface area contributed by atoms with Crippen molar-refractivity contribution >= 4 is 37.7 Å². The molecule has 0 aliphatic heterocycles. The molecule has 0 spiro atoms. The molecule has 0 atom stereocenters. The average molecular weight is 279 g/mol. The Balaban J connectivity index is 2.64. The number of aryl methyl sites for hydroxylation is 1. The van der Waals surface area contributed by atoms with E-state index in [2.05, 4.69) is 20.9 Å². The van der Waals surface area contributed by atoms with Crippen LogP contribution in [0.5, 0.6) is 0 Å². The number of rotatable bonds is 0. The van der Waals surface area contributed by atoms with Gasteiger partial charge in [0, 0.05) is 28.5 Å². The molecule has 0 bridgehead atoms. The molecule has 0 saturated heterocycles. The molecule has 16 heavy (non-hydrogen) atoms. The van der Waals surface area contributed by atoms with Crippen LogP contribution in [0.4, 0.5) is 4.39 Å². The van der Waals surface area contributed by atoms with Crippen molar-refractivity contribution in [1.82, 2.24) is 9.55 Å². The molecule has 3 rings (SSSR count). The quantitative estimate of drug-likeness (QED) is 0.614. The van der Waals surface area contributed by atoms with Crippen molar-refractivity contribution < 1.29 is 4.39 Å². The van der Waals surface area contributed by atoms with Gasteiger partial charge in [-0.1, -0.05) is 22.0 Å². The molecular formula is C12H8BrFN2. The highest BCUT2D eigenvalue weighted by molar-refractivity contribution is 9.10. The van der Waals surface area contributed by atoms with E-state index in [1.165, 1.54) is 6.20 Å². The molecule has 0 amide bonds. The fraction of sp³-hybridized carbons (Fsp3) is 0.0833. The van der Waals surface area contributed by atoms with E-state index in [0.717, 1.165) is 20.8 Å². The Morgan fingerprint density at radius 1 is 1.25 bits per heavy atom. The van der Waals surface area contributed by atoms with E-state index in [9.17, 15) is 4.39 Å². The van der Waals surface area contributed by atoms with E-state index < -0.39 is 0 Å². The normalized spacial score (nSPS) is 11.4. The third-order valence-corrected chi connectivity index (χ3v) is 3.31. The minimum Gasteiger partial charge on any atom is -0.341 e. The molecule has 2 aromatic heterocycles. The zero-order valence-electron chi connectivity index (χ0n) is 8.54. The van der Waals surface area contributed by atoms with Crippen LogP contribution < -0.4 is 0 Å². The van der Waals surface area contributed by atoms with Gasteiger partial charge in [0.1, 0.15) is 0 Å². The van der Waals surface area contributed by atoms with Gasteiger partial charge in [0.25, 0.3) is 0 Å². The number of halogens is 2. The smallest absolute Gasteiger partial charge is 0.165 e. The maximum Gasteiger partial charge on any atom is 0.165 e. The van der Waals surface area contributed by atoms with Gasteiger partial charge in [0.05, 0.1) is 17.2 Å². The first kappa shape index (κ1) is 9.78. The zero-order chi connectivity index (χ0) is 11.3. The van der Waals surface area contributed by atoms with Crippen LogP contribution in [-0.2, 0) is 7.05 Å². The lowest BCUT2D eigenvalue weighted by Gasteiger charge is -1.98. The predicted molar refractivity (Wildman–Crippen MR) is 65.9 cm³/mol. The van der Waals surface area contributed by atoms with Crippen molar-refractivity contribution in [3.63, 3.8) is 0 Å². The molecule has 4 heteroatoms. The molecule has 2 nitrogen and oxygen atoms in total. The molecule has 2 heterocycles. The van der Waals surface area contributed by atoms with Crippen LogP contribution in [0.2, 0.25) is 0 Å². The highest BCUT2D eigenvalue weighted by atomic mass is 79.9. The lowest BCUT2D eigenvalue weighted by molar-refractivity contribution is 0.627. The molecule has 0 saturated carbocycles. The van der Waals surface area contributed by atoms with Gasteiger partial charge in [-0.25, -0.2) is 4.39 Å². The molecule has 1 aromatic carbocycles. The van der Waals surface area contributed by atoms with Crippen LogP contribution in [-0.4, -0.2) is 9.55 Å². The predicted octanol–water partition coefficient (Wildman–Crippen LogP) is 3.63. The van der Waals surface area contributed by atoms with E-state index in [4.69, 9.17) is 0 Å². The fourth-order valence-corrected chi connectivity index (χ4v) is 2.45. The SMILES string of the molecule is Cn1c2cc(Br)ccc2c2cncc(F)c21. The first-order valence-corrected chi connectivity index (χ1v) is 5.65. The first-order valence-electron chi connectivity index (χ1n) is 4.85. The standard InChI is InChI=1S/C12H8BrFN2/c1-16-11-4-7(13)2-3-8(11)9-5-15-6-10(14)12(9)16/h2-6H,1H3. The van der Waals surface area contributed by atoms with Crippen LogP contribution in [0.25, 0.3) is 21.8 Å². The van der Waals surface area contributed by atoms with Crippen molar-refractivity contribution in [1.29, 1.82) is 0 Å². The summed E-state index contributed by atoms with van der Waals surface area (Å²) in [6.07, 6.45) is 2.95. The molecule has 0 N–H and O–H groups in total. The van der Waals surface area contributed by atoms with Crippen LogP contribution in [0.1, 0.15) is 0 Å². The van der Waals surface area contributed by atoms with E-state index in [0.29, 0.717) is 5.52 Å². The van der Waals surface area contributed by atoms with Gasteiger partial charge in [0.15, 0.2) is 5.82 Å². The minimum atomic E-state index is -0.285. The Morgan fingerprint density at radius 2 is 2.06 bits per heavy atom. The number of aromatic nitrogens is 2. The van der Waals surface area contributed by atoms with Gasteiger partial charge in [0.2, 0.25) is 0 Å². The topological polar surface area (TPSA) is 17.8 Å². The number of hydrogen-bond acceptors (Lipinski definition) is 1. The summed E-state index contributed by atoms with van der Waals surface area (Å²) in [5.74, 6) is -0.285. The van der Waals surface area contributed by atoms with Gasteiger partial charge in [-0.15, -0.1) is 0 Å². The molecule has 3 aromatic rings. The molecule has 80 valence electrons. The summed E-state index contributed by atoms with van der Waals surface area (Å²) in [5.41, 5.74) is 1.60. The van der Waals surface area contributed by atoms with Crippen molar-refractivity contribution in [2.24, 2.45) is 7.05 Å².